The average molecular weight is 322 g/mol. The second kappa shape index (κ2) is 8.15. The van der Waals surface area contributed by atoms with Gasteiger partial charge in [-0.15, -0.1) is 23.1 Å². The molecule has 0 bridgehead atoms. The Morgan fingerprint density at radius 1 is 1.47 bits per heavy atom. The normalized spacial score (nSPS) is 11.6. The summed E-state index contributed by atoms with van der Waals surface area (Å²) < 4.78 is 0.774. The Bertz CT molecular complexity index is 397. The number of carbonyl (C=O) groups excluding carboxylic acids is 1. The fraction of sp³-hybridized carbons (Fsp3) is 0.615. The number of hydrogen-bond donors (Lipinski definition) is 2. The van der Waals surface area contributed by atoms with Crippen molar-refractivity contribution in [1.82, 2.24) is 5.32 Å². The zero-order chi connectivity index (χ0) is 14.3. The number of aliphatic hydroxyl groups excluding tert-OH is 1. The zero-order valence-electron chi connectivity index (χ0n) is 11.2. The molecule has 6 heteroatoms. The van der Waals surface area contributed by atoms with Gasteiger partial charge in [-0.25, -0.2) is 0 Å². The van der Waals surface area contributed by atoms with Gasteiger partial charge >= 0.3 is 0 Å². The van der Waals surface area contributed by atoms with Crippen molar-refractivity contribution in [3.05, 3.63) is 21.3 Å². The molecule has 1 aromatic heterocycles. The van der Waals surface area contributed by atoms with Crippen LogP contribution in [0.15, 0.2) is 12.1 Å². The molecular formula is C13H20ClNO2S2. The molecule has 0 spiro atoms. The number of carbonyl (C=O) groups is 1. The molecule has 1 rings (SSSR count). The molecule has 0 saturated carbocycles. The van der Waals surface area contributed by atoms with E-state index in [4.69, 9.17) is 11.6 Å². The van der Waals surface area contributed by atoms with Crippen LogP contribution < -0.4 is 5.32 Å². The first-order chi connectivity index (χ1) is 9.05. The van der Waals surface area contributed by atoms with Gasteiger partial charge in [-0.2, -0.15) is 0 Å². The smallest absolute Gasteiger partial charge is 0.230 e. The predicted octanol–water partition coefficient (Wildman–Crippen LogP) is 3.30. The molecule has 0 aromatic carbocycles. The molecule has 0 fully saturated rings. The van der Waals surface area contributed by atoms with Crippen LogP contribution in [0.2, 0.25) is 4.34 Å². The maximum atomic E-state index is 11.9. The Hall–Kier alpha value is -0.230. The molecule has 19 heavy (non-hydrogen) atoms. The Balaban J connectivity index is 2.35. The van der Waals surface area contributed by atoms with Gasteiger partial charge in [-0.3, -0.25) is 4.79 Å². The number of nitrogens with one attached hydrogen (secondary N) is 1. The van der Waals surface area contributed by atoms with Crippen molar-refractivity contribution in [3.8, 4) is 0 Å². The maximum absolute atomic E-state index is 11.9. The minimum absolute atomic E-state index is 0.0169. The lowest BCUT2D eigenvalue weighted by atomic mass is 9.94. The summed E-state index contributed by atoms with van der Waals surface area (Å²) in [5, 5.41) is 12.3. The van der Waals surface area contributed by atoms with E-state index in [0.29, 0.717) is 5.75 Å². The third kappa shape index (κ3) is 5.34. The molecule has 0 unspecified atom stereocenters. The summed E-state index contributed by atoms with van der Waals surface area (Å²) in [5.41, 5.74) is -0.468. The van der Waals surface area contributed by atoms with Crippen molar-refractivity contribution >= 4 is 40.6 Å². The molecule has 2 N–H and O–H groups in total. The van der Waals surface area contributed by atoms with Gasteiger partial charge in [0.25, 0.3) is 0 Å². The third-order valence-electron chi connectivity index (χ3n) is 3.17. The van der Waals surface area contributed by atoms with Crippen molar-refractivity contribution in [2.75, 3.05) is 12.4 Å². The highest BCUT2D eigenvalue weighted by Crippen LogP contribution is 2.25. The third-order valence-corrected chi connectivity index (χ3v) is 5.56. The van der Waals surface area contributed by atoms with Crippen LogP contribution in [0, 0.1) is 0 Å². The lowest BCUT2D eigenvalue weighted by Crippen LogP contribution is -2.51. The van der Waals surface area contributed by atoms with Gasteiger partial charge < -0.3 is 10.4 Å². The van der Waals surface area contributed by atoms with E-state index in [2.05, 4.69) is 5.32 Å². The minimum atomic E-state index is -0.468. The summed E-state index contributed by atoms with van der Waals surface area (Å²) in [5.74, 6) is 1.16. The minimum Gasteiger partial charge on any atom is -0.394 e. The largest absolute Gasteiger partial charge is 0.394 e. The lowest BCUT2D eigenvalue weighted by molar-refractivity contribution is -0.121. The first kappa shape index (κ1) is 16.8. The summed E-state index contributed by atoms with van der Waals surface area (Å²) in [6, 6.07) is 3.85. The number of aliphatic hydroxyl groups is 1. The topological polar surface area (TPSA) is 49.3 Å². The van der Waals surface area contributed by atoms with Crippen molar-refractivity contribution in [2.24, 2.45) is 0 Å². The van der Waals surface area contributed by atoms with Crippen molar-refractivity contribution < 1.29 is 9.90 Å². The number of rotatable bonds is 8. The molecule has 1 heterocycles. The quantitative estimate of drug-likeness (QED) is 0.772. The van der Waals surface area contributed by atoms with Crippen LogP contribution in [0.3, 0.4) is 0 Å². The molecule has 0 atom stereocenters. The summed E-state index contributed by atoms with van der Waals surface area (Å²) in [6.07, 6.45) is 1.47. The Morgan fingerprint density at radius 3 is 2.63 bits per heavy atom. The van der Waals surface area contributed by atoms with Crippen molar-refractivity contribution in [2.45, 2.75) is 38.0 Å². The summed E-state index contributed by atoms with van der Waals surface area (Å²) in [7, 11) is 0. The van der Waals surface area contributed by atoms with E-state index in [9.17, 15) is 9.90 Å². The monoisotopic (exact) mass is 321 g/mol. The summed E-state index contributed by atoms with van der Waals surface area (Å²) >= 11 is 8.94. The number of amides is 1. The molecular weight excluding hydrogens is 302 g/mol. The maximum Gasteiger partial charge on any atom is 0.230 e. The fourth-order valence-electron chi connectivity index (χ4n) is 1.70. The predicted molar refractivity (Wildman–Crippen MR) is 84.0 cm³/mol. The van der Waals surface area contributed by atoms with E-state index in [0.717, 1.165) is 22.9 Å². The number of halogens is 1. The van der Waals surface area contributed by atoms with Crippen LogP contribution in [-0.4, -0.2) is 28.9 Å². The fourth-order valence-corrected chi connectivity index (χ4v) is 3.72. The molecule has 0 radical (unpaired) electrons. The van der Waals surface area contributed by atoms with E-state index < -0.39 is 5.54 Å². The molecule has 1 aromatic rings. The van der Waals surface area contributed by atoms with Crippen LogP contribution in [0.1, 0.15) is 31.6 Å². The Kier molecular flexibility index (Phi) is 7.21. The van der Waals surface area contributed by atoms with Gasteiger partial charge in [0.15, 0.2) is 0 Å². The first-order valence-corrected chi connectivity index (χ1v) is 8.64. The molecule has 0 aliphatic heterocycles. The van der Waals surface area contributed by atoms with E-state index >= 15 is 0 Å². The molecule has 0 saturated heterocycles. The second-order valence-electron chi connectivity index (χ2n) is 4.39. The average Bonchev–Trinajstić information content (AvgIpc) is 2.82. The summed E-state index contributed by atoms with van der Waals surface area (Å²) in [6.45, 7) is 3.93. The van der Waals surface area contributed by atoms with E-state index in [1.807, 2.05) is 26.0 Å². The van der Waals surface area contributed by atoms with Crippen LogP contribution in [-0.2, 0) is 10.5 Å². The van der Waals surface area contributed by atoms with E-state index in [1.165, 1.54) is 16.2 Å². The number of thiophene rings is 1. The molecule has 3 nitrogen and oxygen atoms in total. The first-order valence-electron chi connectivity index (χ1n) is 6.29. The zero-order valence-corrected chi connectivity index (χ0v) is 13.6. The van der Waals surface area contributed by atoms with E-state index in [1.54, 1.807) is 11.8 Å². The van der Waals surface area contributed by atoms with Crippen molar-refractivity contribution in [1.29, 1.82) is 0 Å². The van der Waals surface area contributed by atoms with Gasteiger partial charge in [0, 0.05) is 10.6 Å². The Morgan fingerprint density at radius 2 is 2.16 bits per heavy atom. The highest BCUT2D eigenvalue weighted by molar-refractivity contribution is 7.99. The number of hydrogen-bond acceptors (Lipinski definition) is 4. The van der Waals surface area contributed by atoms with Crippen LogP contribution in [0.25, 0.3) is 0 Å². The van der Waals surface area contributed by atoms with Gasteiger partial charge in [0.05, 0.1) is 22.2 Å². The second-order valence-corrected chi connectivity index (χ2v) is 7.18. The molecule has 108 valence electrons. The SMILES string of the molecule is CCC(CC)(CO)NC(=O)CSCc1ccc(Cl)s1. The van der Waals surface area contributed by atoms with Gasteiger partial charge in [-0.05, 0) is 25.0 Å². The highest BCUT2D eigenvalue weighted by Gasteiger charge is 2.26. The van der Waals surface area contributed by atoms with Gasteiger partial charge in [0.2, 0.25) is 5.91 Å². The molecule has 0 aliphatic rings. The van der Waals surface area contributed by atoms with E-state index in [-0.39, 0.29) is 12.5 Å². The van der Waals surface area contributed by atoms with Crippen molar-refractivity contribution in [3.63, 3.8) is 0 Å². The van der Waals surface area contributed by atoms with Crippen LogP contribution in [0.4, 0.5) is 0 Å². The lowest BCUT2D eigenvalue weighted by Gasteiger charge is -2.30. The van der Waals surface area contributed by atoms with Crippen LogP contribution in [0.5, 0.6) is 0 Å². The standard InChI is InChI=1S/C13H20ClNO2S2/c1-3-13(4-2,9-16)15-12(17)8-18-7-10-5-6-11(14)19-10/h5-6,16H,3-4,7-9H2,1-2H3,(H,15,17). The highest BCUT2D eigenvalue weighted by atomic mass is 35.5. The van der Waals surface area contributed by atoms with Crippen LogP contribution >= 0.6 is 34.7 Å². The van der Waals surface area contributed by atoms with Gasteiger partial charge in [-0.1, -0.05) is 25.4 Å². The molecule has 0 aliphatic carbocycles. The van der Waals surface area contributed by atoms with Gasteiger partial charge in [0.1, 0.15) is 0 Å². The summed E-state index contributed by atoms with van der Waals surface area (Å²) in [4.78, 5) is 13.0. The molecule has 1 amide bonds. The number of thioether (sulfide) groups is 1. The Labute approximate surface area is 127 Å².